The van der Waals surface area contributed by atoms with E-state index in [-0.39, 0.29) is 0 Å². The fraction of sp³-hybridized carbons (Fsp3) is 0.308. The number of isocyanates is 1. The zero-order valence-corrected chi connectivity index (χ0v) is 11.1. The Hall–Kier alpha value is -2.46. The lowest BCUT2D eigenvalue weighted by Gasteiger charge is -2.05. The van der Waals surface area contributed by atoms with Crippen LogP contribution in [-0.2, 0) is 9.63 Å². The van der Waals surface area contributed by atoms with Gasteiger partial charge in [-0.25, -0.2) is 9.59 Å². The first-order valence-electron chi connectivity index (χ1n) is 5.76. The Morgan fingerprint density at radius 3 is 2.84 bits per heavy atom. The summed E-state index contributed by atoms with van der Waals surface area (Å²) in [5, 5.41) is 6.12. The maximum atomic E-state index is 11.4. The third-order valence-corrected chi connectivity index (χ3v) is 2.42. The topological polar surface area (TPSA) is 80.1 Å². The van der Waals surface area contributed by atoms with Crippen LogP contribution in [0, 0.1) is 6.92 Å². The first-order chi connectivity index (χ1) is 9.06. The lowest BCUT2D eigenvalue weighted by molar-refractivity contribution is 0.166. The van der Waals surface area contributed by atoms with Crippen molar-refractivity contribution in [1.82, 2.24) is 0 Å². The van der Waals surface area contributed by atoms with E-state index in [4.69, 9.17) is 0 Å². The molecule has 0 fully saturated rings. The zero-order valence-electron chi connectivity index (χ0n) is 11.1. The van der Waals surface area contributed by atoms with Gasteiger partial charge in [0, 0.05) is 5.69 Å². The lowest BCUT2D eigenvalue weighted by atomic mass is 10.2. The minimum atomic E-state index is -0.697. The molecule has 1 N–H and O–H groups in total. The van der Waals surface area contributed by atoms with E-state index < -0.39 is 6.09 Å². The number of anilines is 1. The minimum absolute atomic E-state index is 0.445. The average Bonchev–Trinajstić information content (AvgIpc) is 2.40. The van der Waals surface area contributed by atoms with Crippen LogP contribution < -0.4 is 5.32 Å². The molecule has 1 aromatic carbocycles. The van der Waals surface area contributed by atoms with Gasteiger partial charge in [0.15, 0.2) is 0 Å². The summed E-state index contributed by atoms with van der Waals surface area (Å²) in [6.45, 7) is 5.47. The number of aliphatic imine (C=N–C) groups is 1. The van der Waals surface area contributed by atoms with Crippen LogP contribution in [-0.4, -0.2) is 17.9 Å². The average molecular weight is 261 g/mol. The molecule has 1 amide bonds. The Balaban J connectivity index is 2.75. The second-order valence-corrected chi connectivity index (χ2v) is 3.89. The number of hydrogen-bond acceptors (Lipinski definition) is 5. The number of oxime groups is 1. The zero-order chi connectivity index (χ0) is 14.3. The number of nitrogens with zero attached hydrogens (tertiary/aromatic N) is 2. The standard InChI is InChI=1S/C13H15N3O3/c1-4-10(3)16-19-13(18)15-11-6-5-9(2)12(7-11)14-8-17/h5-7H,4H2,1-3H3,(H,15,18)/b16-10+. The minimum Gasteiger partial charge on any atom is -0.298 e. The molecule has 0 aliphatic heterocycles. The van der Waals surface area contributed by atoms with Gasteiger partial charge in [0.1, 0.15) is 0 Å². The second kappa shape index (κ2) is 7.08. The summed E-state index contributed by atoms with van der Waals surface area (Å²) in [4.78, 5) is 29.9. The quantitative estimate of drug-likeness (QED) is 0.391. The molecule has 0 saturated carbocycles. The molecule has 0 aromatic heterocycles. The Morgan fingerprint density at radius 1 is 1.47 bits per heavy atom. The SMILES string of the molecule is CC/C(C)=N/OC(=O)Nc1ccc(C)c(N=C=O)c1. The molecule has 6 heteroatoms. The van der Waals surface area contributed by atoms with Gasteiger partial charge >= 0.3 is 6.09 Å². The van der Waals surface area contributed by atoms with Crippen molar-refractivity contribution in [3.8, 4) is 0 Å². The molecular weight excluding hydrogens is 246 g/mol. The number of hydrogen-bond donors (Lipinski definition) is 1. The molecule has 1 rings (SSSR count). The highest BCUT2D eigenvalue weighted by Gasteiger charge is 2.05. The summed E-state index contributed by atoms with van der Waals surface area (Å²) in [5.41, 5.74) is 2.43. The normalized spacial score (nSPS) is 10.6. The van der Waals surface area contributed by atoms with E-state index in [9.17, 15) is 9.59 Å². The highest BCUT2D eigenvalue weighted by atomic mass is 16.7. The highest BCUT2D eigenvalue weighted by molar-refractivity contribution is 5.87. The van der Waals surface area contributed by atoms with Gasteiger partial charge in [-0.05, 0) is 38.0 Å². The van der Waals surface area contributed by atoms with Crippen LogP contribution in [0.25, 0.3) is 0 Å². The molecule has 19 heavy (non-hydrogen) atoms. The van der Waals surface area contributed by atoms with E-state index in [1.807, 2.05) is 6.92 Å². The summed E-state index contributed by atoms with van der Waals surface area (Å²) in [5.74, 6) is 0. The monoisotopic (exact) mass is 261 g/mol. The van der Waals surface area contributed by atoms with Crippen LogP contribution in [0.4, 0.5) is 16.2 Å². The second-order valence-electron chi connectivity index (χ2n) is 3.89. The van der Waals surface area contributed by atoms with Gasteiger partial charge in [0.05, 0.1) is 11.4 Å². The van der Waals surface area contributed by atoms with Crippen LogP contribution in [0.3, 0.4) is 0 Å². The number of carbonyl (C=O) groups is 1. The number of carbonyl (C=O) groups excluding carboxylic acids is 2. The molecule has 0 heterocycles. The van der Waals surface area contributed by atoms with E-state index in [2.05, 4.69) is 20.3 Å². The van der Waals surface area contributed by atoms with E-state index in [0.717, 1.165) is 5.56 Å². The summed E-state index contributed by atoms with van der Waals surface area (Å²) in [6.07, 6.45) is 1.47. The molecule has 0 atom stereocenters. The Morgan fingerprint density at radius 2 is 2.21 bits per heavy atom. The van der Waals surface area contributed by atoms with E-state index in [0.29, 0.717) is 23.5 Å². The summed E-state index contributed by atoms with van der Waals surface area (Å²) < 4.78 is 0. The van der Waals surface area contributed by atoms with Crippen molar-refractivity contribution in [3.63, 3.8) is 0 Å². The van der Waals surface area contributed by atoms with Crippen molar-refractivity contribution < 1.29 is 14.4 Å². The first kappa shape index (κ1) is 14.6. The van der Waals surface area contributed by atoms with Crippen molar-refractivity contribution in [2.24, 2.45) is 10.1 Å². The largest absolute Gasteiger partial charge is 0.437 e. The maximum Gasteiger partial charge on any atom is 0.437 e. The molecule has 0 bridgehead atoms. The predicted molar refractivity (Wildman–Crippen MR) is 72.5 cm³/mol. The fourth-order valence-corrected chi connectivity index (χ4v) is 1.18. The van der Waals surface area contributed by atoms with Crippen molar-refractivity contribution >= 4 is 29.3 Å². The molecule has 0 aliphatic carbocycles. The van der Waals surface area contributed by atoms with Crippen LogP contribution in [0.5, 0.6) is 0 Å². The molecule has 0 saturated heterocycles. The molecule has 6 nitrogen and oxygen atoms in total. The number of benzene rings is 1. The van der Waals surface area contributed by atoms with Crippen LogP contribution in [0.15, 0.2) is 28.3 Å². The van der Waals surface area contributed by atoms with Crippen LogP contribution in [0.2, 0.25) is 0 Å². The van der Waals surface area contributed by atoms with Gasteiger partial charge in [0.25, 0.3) is 0 Å². The van der Waals surface area contributed by atoms with Crippen molar-refractivity contribution in [3.05, 3.63) is 23.8 Å². The van der Waals surface area contributed by atoms with Crippen LogP contribution in [0.1, 0.15) is 25.8 Å². The smallest absolute Gasteiger partial charge is 0.298 e. The Labute approximate surface area is 111 Å². The fourth-order valence-electron chi connectivity index (χ4n) is 1.18. The third-order valence-electron chi connectivity index (χ3n) is 2.42. The van der Waals surface area contributed by atoms with Gasteiger partial charge < -0.3 is 0 Å². The summed E-state index contributed by atoms with van der Waals surface area (Å²) >= 11 is 0. The third kappa shape index (κ3) is 4.73. The van der Waals surface area contributed by atoms with E-state index in [1.54, 1.807) is 32.0 Å². The van der Waals surface area contributed by atoms with Gasteiger partial charge in [-0.15, -0.1) is 0 Å². The van der Waals surface area contributed by atoms with Crippen molar-refractivity contribution in [2.45, 2.75) is 27.2 Å². The van der Waals surface area contributed by atoms with Crippen molar-refractivity contribution in [1.29, 1.82) is 0 Å². The highest BCUT2D eigenvalue weighted by Crippen LogP contribution is 2.22. The number of nitrogens with one attached hydrogen (secondary N) is 1. The number of aryl methyl sites for hydroxylation is 1. The molecular formula is C13H15N3O3. The number of rotatable bonds is 4. The maximum absolute atomic E-state index is 11.4. The first-order valence-corrected chi connectivity index (χ1v) is 5.76. The number of amides is 1. The van der Waals surface area contributed by atoms with Gasteiger partial charge in [0.2, 0.25) is 6.08 Å². The van der Waals surface area contributed by atoms with E-state index in [1.165, 1.54) is 6.08 Å². The molecule has 1 aromatic rings. The van der Waals surface area contributed by atoms with Crippen molar-refractivity contribution in [2.75, 3.05) is 5.32 Å². The molecule has 100 valence electrons. The predicted octanol–water partition coefficient (Wildman–Crippen LogP) is 3.30. The Kier molecular flexibility index (Phi) is 5.44. The molecule has 0 aliphatic rings. The molecule has 0 radical (unpaired) electrons. The summed E-state index contributed by atoms with van der Waals surface area (Å²) in [7, 11) is 0. The van der Waals surface area contributed by atoms with Crippen LogP contribution >= 0.6 is 0 Å². The van der Waals surface area contributed by atoms with Gasteiger partial charge in [-0.3, -0.25) is 10.2 Å². The molecule has 0 spiro atoms. The van der Waals surface area contributed by atoms with E-state index >= 15 is 0 Å². The molecule has 0 unspecified atom stereocenters. The van der Waals surface area contributed by atoms with Gasteiger partial charge in [-0.2, -0.15) is 4.99 Å². The lowest BCUT2D eigenvalue weighted by Crippen LogP contribution is -2.11. The Bertz CT molecular complexity index is 546. The van der Waals surface area contributed by atoms with Gasteiger partial charge in [-0.1, -0.05) is 18.1 Å². The summed E-state index contributed by atoms with van der Waals surface area (Å²) in [6, 6.07) is 4.96.